The highest BCUT2D eigenvalue weighted by Gasteiger charge is 2.14. The van der Waals surface area contributed by atoms with Crippen molar-refractivity contribution in [2.75, 3.05) is 13.1 Å². The Kier molecular flexibility index (Phi) is 3.88. The Bertz CT molecular complexity index is 308. The molecule has 1 aromatic rings. The van der Waals surface area contributed by atoms with Gasteiger partial charge < -0.3 is 11.1 Å². The van der Waals surface area contributed by atoms with E-state index >= 15 is 0 Å². The van der Waals surface area contributed by atoms with E-state index in [4.69, 9.17) is 5.73 Å². The summed E-state index contributed by atoms with van der Waals surface area (Å²) in [5.74, 6) is 0.621. The van der Waals surface area contributed by atoms with Crippen LogP contribution in [-0.2, 0) is 6.42 Å². The van der Waals surface area contributed by atoms with Crippen molar-refractivity contribution >= 4 is 11.3 Å². The Morgan fingerprint density at radius 1 is 1.53 bits per heavy atom. The zero-order valence-corrected chi connectivity index (χ0v) is 9.54. The summed E-state index contributed by atoms with van der Waals surface area (Å²) in [6.07, 6.45) is 6.43. The number of rotatable bonds is 5. The van der Waals surface area contributed by atoms with Crippen molar-refractivity contribution in [2.24, 2.45) is 11.7 Å². The van der Waals surface area contributed by atoms with E-state index in [1.807, 2.05) is 5.51 Å². The molecule has 15 heavy (non-hydrogen) atoms. The molecule has 0 spiro atoms. The van der Waals surface area contributed by atoms with Crippen LogP contribution in [0.5, 0.6) is 0 Å². The van der Waals surface area contributed by atoms with Gasteiger partial charge in [-0.25, -0.2) is 4.98 Å². The van der Waals surface area contributed by atoms with Crippen molar-refractivity contribution in [2.45, 2.75) is 18.9 Å². The molecule has 1 aliphatic rings. The van der Waals surface area contributed by atoms with Crippen molar-refractivity contribution in [1.29, 1.82) is 0 Å². The Morgan fingerprint density at radius 3 is 3.13 bits per heavy atom. The maximum atomic E-state index is 5.78. The van der Waals surface area contributed by atoms with Gasteiger partial charge in [0.05, 0.1) is 11.2 Å². The predicted octanol–water partition coefficient (Wildman–Crippen LogP) is 1.18. The first-order chi connectivity index (χ1) is 7.34. The SMILES string of the molecule is NC1C=CC(CNCCc2cscn2)C1. The molecule has 0 saturated carbocycles. The smallest absolute Gasteiger partial charge is 0.0794 e. The average Bonchev–Trinajstić information content (AvgIpc) is 2.84. The van der Waals surface area contributed by atoms with Gasteiger partial charge in [-0.1, -0.05) is 12.2 Å². The number of nitrogens with two attached hydrogens (primary N) is 1. The Balaban J connectivity index is 1.58. The third-order valence-electron chi connectivity index (χ3n) is 2.65. The second kappa shape index (κ2) is 5.39. The minimum absolute atomic E-state index is 0.273. The van der Waals surface area contributed by atoms with Crippen molar-refractivity contribution in [3.05, 3.63) is 28.7 Å². The van der Waals surface area contributed by atoms with Gasteiger partial charge in [0.1, 0.15) is 0 Å². The third kappa shape index (κ3) is 3.41. The Hall–Kier alpha value is -0.710. The van der Waals surface area contributed by atoms with E-state index in [0.717, 1.165) is 25.9 Å². The topological polar surface area (TPSA) is 50.9 Å². The zero-order valence-electron chi connectivity index (χ0n) is 8.73. The van der Waals surface area contributed by atoms with Gasteiger partial charge >= 0.3 is 0 Å². The third-order valence-corrected chi connectivity index (χ3v) is 3.29. The van der Waals surface area contributed by atoms with E-state index in [-0.39, 0.29) is 6.04 Å². The molecule has 0 bridgehead atoms. The second-order valence-corrected chi connectivity index (χ2v) is 4.70. The number of hydrogen-bond donors (Lipinski definition) is 2. The summed E-state index contributed by atoms with van der Waals surface area (Å²) in [5.41, 5.74) is 8.85. The lowest BCUT2D eigenvalue weighted by molar-refractivity contribution is 0.529. The van der Waals surface area contributed by atoms with E-state index < -0.39 is 0 Å². The average molecular weight is 223 g/mol. The van der Waals surface area contributed by atoms with Crippen molar-refractivity contribution < 1.29 is 0 Å². The number of hydrogen-bond acceptors (Lipinski definition) is 4. The van der Waals surface area contributed by atoms with Crippen molar-refractivity contribution in [3.63, 3.8) is 0 Å². The van der Waals surface area contributed by atoms with E-state index in [2.05, 4.69) is 27.8 Å². The highest BCUT2D eigenvalue weighted by atomic mass is 32.1. The molecule has 0 fully saturated rings. The number of thiazole rings is 1. The van der Waals surface area contributed by atoms with Gasteiger partial charge in [0.25, 0.3) is 0 Å². The molecule has 2 unspecified atom stereocenters. The van der Waals surface area contributed by atoms with E-state index in [0.29, 0.717) is 5.92 Å². The second-order valence-electron chi connectivity index (χ2n) is 3.98. The van der Waals surface area contributed by atoms with E-state index in [1.165, 1.54) is 5.69 Å². The fourth-order valence-corrected chi connectivity index (χ4v) is 2.42. The first kappa shape index (κ1) is 10.8. The lowest BCUT2D eigenvalue weighted by atomic mass is 10.1. The van der Waals surface area contributed by atoms with Gasteiger partial charge in [-0.05, 0) is 12.3 Å². The predicted molar refractivity (Wildman–Crippen MR) is 63.9 cm³/mol. The maximum absolute atomic E-state index is 5.78. The summed E-state index contributed by atoms with van der Waals surface area (Å²) < 4.78 is 0. The molecule has 0 aliphatic heterocycles. The van der Waals surface area contributed by atoms with Crippen LogP contribution in [0.4, 0.5) is 0 Å². The largest absolute Gasteiger partial charge is 0.324 e. The minimum Gasteiger partial charge on any atom is -0.324 e. The minimum atomic E-state index is 0.273. The fourth-order valence-electron chi connectivity index (χ4n) is 1.82. The lowest BCUT2D eigenvalue weighted by Crippen LogP contribution is -2.25. The summed E-state index contributed by atoms with van der Waals surface area (Å²) in [5, 5.41) is 5.55. The quantitative estimate of drug-likeness (QED) is 0.582. The molecule has 1 heterocycles. The Morgan fingerprint density at radius 2 is 2.47 bits per heavy atom. The molecular weight excluding hydrogens is 206 g/mol. The highest BCUT2D eigenvalue weighted by Crippen LogP contribution is 2.14. The molecular formula is C11H17N3S. The van der Waals surface area contributed by atoms with Crippen LogP contribution in [0.2, 0.25) is 0 Å². The molecule has 1 aromatic heterocycles. The summed E-state index contributed by atoms with van der Waals surface area (Å²) in [7, 11) is 0. The summed E-state index contributed by atoms with van der Waals surface area (Å²) in [6, 6.07) is 0.273. The standard InChI is InChI=1S/C11H17N3S/c12-10-2-1-9(5-10)6-13-4-3-11-7-15-8-14-11/h1-2,7-10,13H,3-6,12H2. The fraction of sp³-hybridized carbons (Fsp3) is 0.545. The molecule has 3 nitrogen and oxygen atoms in total. The first-order valence-corrected chi connectivity index (χ1v) is 6.30. The lowest BCUT2D eigenvalue weighted by Gasteiger charge is -2.09. The molecule has 4 heteroatoms. The normalized spacial score (nSPS) is 24.9. The molecule has 0 radical (unpaired) electrons. The first-order valence-electron chi connectivity index (χ1n) is 5.36. The number of aromatic nitrogens is 1. The van der Waals surface area contributed by atoms with Crippen LogP contribution in [0.25, 0.3) is 0 Å². The molecule has 1 aliphatic carbocycles. The molecule has 2 rings (SSSR count). The van der Waals surface area contributed by atoms with Crippen LogP contribution in [0.15, 0.2) is 23.0 Å². The Labute approximate surface area is 94.4 Å². The molecule has 3 N–H and O–H groups in total. The summed E-state index contributed by atoms with van der Waals surface area (Å²) >= 11 is 1.66. The highest BCUT2D eigenvalue weighted by molar-refractivity contribution is 7.07. The van der Waals surface area contributed by atoms with Crippen LogP contribution >= 0.6 is 11.3 Å². The van der Waals surface area contributed by atoms with E-state index in [9.17, 15) is 0 Å². The van der Waals surface area contributed by atoms with Crippen LogP contribution in [0.1, 0.15) is 12.1 Å². The monoisotopic (exact) mass is 223 g/mol. The molecule has 0 aromatic carbocycles. The molecule has 0 saturated heterocycles. The van der Waals surface area contributed by atoms with Gasteiger partial charge in [-0.3, -0.25) is 0 Å². The van der Waals surface area contributed by atoms with Gasteiger partial charge in [-0.2, -0.15) is 0 Å². The van der Waals surface area contributed by atoms with Crippen LogP contribution in [0.3, 0.4) is 0 Å². The molecule has 2 atom stereocenters. The molecule has 82 valence electrons. The summed E-state index contributed by atoms with van der Waals surface area (Å²) in [4.78, 5) is 4.24. The molecule has 0 amide bonds. The van der Waals surface area contributed by atoms with Crippen LogP contribution < -0.4 is 11.1 Å². The van der Waals surface area contributed by atoms with Crippen molar-refractivity contribution in [1.82, 2.24) is 10.3 Å². The maximum Gasteiger partial charge on any atom is 0.0794 e. The van der Waals surface area contributed by atoms with Crippen LogP contribution in [0, 0.1) is 5.92 Å². The van der Waals surface area contributed by atoms with E-state index in [1.54, 1.807) is 11.3 Å². The van der Waals surface area contributed by atoms with Gasteiger partial charge in [0.2, 0.25) is 0 Å². The van der Waals surface area contributed by atoms with Crippen LogP contribution in [-0.4, -0.2) is 24.1 Å². The van der Waals surface area contributed by atoms with Crippen molar-refractivity contribution in [3.8, 4) is 0 Å². The zero-order chi connectivity index (χ0) is 10.5. The van der Waals surface area contributed by atoms with Gasteiger partial charge in [0.15, 0.2) is 0 Å². The number of nitrogens with zero attached hydrogens (tertiary/aromatic N) is 1. The summed E-state index contributed by atoms with van der Waals surface area (Å²) in [6.45, 7) is 2.04. The number of nitrogens with one attached hydrogen (secondary N) is 1. The van der Waals surface area contributed by atoms with Gasteiger partial charge in [-0.15, -0.1) is 11.3 Å². The van der Waals surface area contributed by atoms with Gasteiger partial charge in [0, 0.05) is 30.9 Å².